The fourth-order valence-corrected chi connectivity index (χ4v) is 4.04. The molecule has 7 heteroatoms. The quantitative estimate of drug-likeness (QED) is 0.389. The van der Waals surface area contributed by atoms with Crippen LogP contribution in [0, 0.1) is 6.92 Å². The Balaban J connectivity index is 1.61. The van der Waals surface area contributed by atoms with Gasteiger partial charge in [-0.3, -0.25) is 14.3 Å². The van der Waals surface area contributed by atoms with Crippen molar-refractivity contribution >= 4 is 11.8 Å². The van der Waals surface area contributed by atoms with E-state index in [1.807, 2.05) is 66.7 Å². The first-order valence-electron chi connectivity index (χ1n) is 9.13. The maximum Gasteiger partial charge on any atom is 0.329 e. The molecule has 0 atom stereocenters. The number of benzene rings is 2. The summed E-state index contributed by atoms with van der Waals surface area (Å²) in [5.41, 5.74) is 2.40. The van der Waals surface area contributed by atoms with E-state index < -0.39 is 5.69 Å². The number of aromatic nitrogens is 3. The molecule has 0 unspecified atom stereocenters. The molecule has 6 nitrogen and oxygen atoms in total. The molecule has 2 heterocycles. The maximum absolute atomic E-state index is 12.5. The van der Waals surface area contributed by atoms with Gasteiger partial charge in [-0.05, 0) is 12.5 Å². The van der Waals surface area contributed by atoms with Crippen molar-refractivity contribution in [3.8, 4) is 11.3 Å². The Hall–Kier alpha value is -3.32. The van der Waals surface area contributed by atoms with Crippen LogP contribution in [0.3, 0.4) is 0 Å². The standard InChI is InChI=1S/C22H19N3O3S/c1-15-20(26)23-22(27)25(13-16-8-4-2-5-9-16)21(15)29-14-18-12-19(28-24-18)17-10-6-3-7-11-17/h2-12H,13-14H2,1H3,(H,23,26,27). The molecule has 0 saturated carbocycles. The highest BCUT2D eigenvalue weighted by Gasteiger charge is 2.14. The monoisotopic (exact) mass is 405 g/mol. The summed E-state index contributed by atoms with van der Waals surface area (Å²) in [7, 11) is 0. The number of nitrogens with one attached hydrogen (secondary N) is 1. The summed E-state index contributed by atoms with van der Waals surface area (Å²) in [5, 5.41) is 4.76. The van der Waals surface area contributed by atoms with Crippen molar-refractivity contribution in [1.82, 2.24) is 14.7 Å². The Morgan fingerprint density at radius 1 is 1.03 bits per heavy atom. The molecule has 0 spiro atoms. The molecule has 1 N–H and O–H groups in total. The van der Waals surface area contributed by atoms with Crippen molar-refractivity contribution in [1.29, 1.82) is 0 Å². The number of hydrogen-bond donors (Lipinski definition) is 1. The van der Waals surface area contributed by atoms with Crippen molar-refractivity contribution in [2.45, 2.75) is 24.2 Å². The second kappa shape index (κ2) is 8.36. The van der Waals surface area contributed by atoms with Crippen LogP contribution in [0.5, 0.6) is 0 Å². The van der Waals surface area contributed by atoms with E-state index in [0.717, 1.165) is 16.8 Å². The van der Waals surface area contributed by atoms with Crippen LogP contribution in [0.1, 0.15) is 16.8 Å². The third-order valence-electron chi connectivity index (χ3n) is 4.53. The summed E-state index contributed by atoms with van der Waals surface area (Å²) in [4.78, 5) is 27.0. The first kappa shape index (κ1) is 19.0. The van der Waals surface area contributed by atoms with Gasteiger partial charge in [-0.25, -0.2) is 4.79 Å². The molecule has 0 fully saturated rings. The third-order valence-corrected chi connectivity index (χ3v) is 5.77. The lowest BCUT2D eigenvalue weighted by molar-refractivity contribution is 0.426. The van der Waals surface area contributed by atoms with Crippen LogP contribution in [-0.4, -0.2) is 14.7 Å². The average molecular weight is 405 g/mol. The number of nitrogens with zero attached hydrogens (tertiary/aromatic N) is 2. The van der Waals surface area contributed by atoms with Gasteiger partial charge in [0.15, 0.2) is 5.76 Å². The molecule has 0 aliphatic carbocycles. The minimum Gasteiger partial charge on any atom is -0.356 e. The number of aromatic amines is 1. The minimum atomic E-state index is -0.419. The Morgan fingerprint density at radius 2 is 1.72 bits per heavy atom. The molecule has 4 rings (SSSR count). The Bertz CT molecular complexity index is 1230. The van der Waals surface area contributed by atoms with E-state index in [0.29, 0.717) is 28.6 Å². The van der Waals surface area contributed by atoms with Gasteiger partial charge >= 0.3 is 5.69 Å². The summed E-state index contributed by atoms with van der Waals surface area (Å²) in [6, 6.07) is 21.3. The molecule has 4 aromatic rings. The van der Waals surface area contributed by atoms with Gasteiger partial charge in [-0.2, -0.15) is 0 Å². The van der Waals surface area contributed by atoms with Crippen molar-refractivity contribution in [2.24, 2.45) is 0 Å². The van der Waals surface area contributed by atoms with Gasteiger partial charge in [0.1, 0.15) is 0 Å². The lowest BCUT2D eigenvalue weighted by Crippen LogP contribution is -2.33. The number of thioether (sulfide) groups is 1. The molecule has 146 valence electrons. The van der Waals surface area contributed by atoms with Gasteiger partial charge in [0.05, 0.1) is 17.3 Å². The lowest BCUT2D eigenvalue weighted by atomic mass is 10.2. The molecule has 0 aliphatic rings. The summed E-state index contributed by atoms with van der Waals surface area (Å²) in [6.07, 6.45) is 0. The van der Waals surface area contributed by atoms with Gasteiger partial charge in [0.25, 0.3) is 5.56 Å². The van der Waals surface area contributed by atoms with Crippen LogP contribution in [-0.2, 0) is 12.3 Å². The molecule has 2 aromatic carbocycles. The van der Waals surface area contributed by atoms with Gasteiger partial charge in [0.2, 0.25) is 0 Å². The number of rotatable bonds is 6. The Morgan fingerprint density at radius 3 is 2.45 bits per heavy atom. The van der Waals surface area contributed by atoms with Gasteiger partial charge in [-0.15, -0.1) is 11.8 Å². The van der Waals surface area contributed by atoms with E-state index >= 15 is 0 Å². The fourth-order valence-electron chi connectivity index (χ4n) is 3.01. The van der Waals surface area contributed by atoms with Crippen LogP contribution in [0.4, 0.5) is 0 Å². The van der Waals surface area contributed by atoms with Crippen LogP contribution in [0.15, 0.2) is 85.9 Å². The number of hydrogen-bond acceptors (Lipinski definition) is 5. The molecule has 2 aromatic heterocycles. The van der Waals surface area contributed by atoms with Gasteiger partial charge in [0, 0.05) is 22.9 Å². The predicted molar refractivity (Wildman–Crippen MR) is 113 cm³/mol. The molecule has 0 saturated heterocycles. The van der Waals surface area contributed by atoms with Crippen molar-refractivity contribution in [3.05, 3.63) is 104 Å². The van der Waals surface area contributed by atoms with E-state index in [9.17, 15) is 9.59 Å². The largest absolute Gasteiger partial charge is 0.356 e. The summed E-state index contributed by atoms with van der Waals surface area (Å²) in [6.45, 7) is 2.11. The summed E-state index contributed by atoms with van der Waals surface area (Å²) in [5.74, 6) is 1.17. The zero-order valence-electron chi connectivity index (χ0n) is 15.8. The van der Waals surface area contributed by atoms with E-state index in [4.69, 9.17) is 4.52 Å². The summed E-state index contributed by atoms with van der Waals surface area (Å²) >= 11 is 1.40. The van der Waals surface area contributed by atoms with Gasteiger partial charge in [-0.1, -0.05) is 65.8 Å². The average Bonchev–Trinajstić information content (AvgIpc) is 3.22. The smallest absolute Gasteiger partial charge is 0.329 e. The second-order valence-corrected chi connectivity index (χ2v) is 7.56. The van der Waals surface area contributed by atoms with E-state index in [1.165, 1.54) is 11.8 Å². The zero-order chi connectivity index (χ0) is 20.2. The Labute approximate surface area is 171 Å². The van der Waals surface area contributed by atoms with Crippen LogP contribution >= 0.6 is 11.8 Å². The van der Waals surface area contributed by atoms with E-state index in [2.05, 4.69) is 10.1 Å². The van der Waals surface area contributed by atoms with Crippen molar-refractivity contribution < 1.29 is 4.52 Å². The minimum absolute atomic E-state index is 0.369. The highest BCUT2D eigenvalue weighted by molar-refractivity contribution is 7.98. The molecule has 0 amide bonds. The van der Waals surface area contributed by atoms with Crippen molar-refractivity contribution in [3.63, 3.8) is 0 Å². The van der Waals surface area contributed by atoms with Crippen molar-refractivity contribution in [2.75, 3.05) is 0 Å². The molecular weight excluding hydrogens is 386 g/mol. The SMILES string of the molecule is Cc1c(SCc2cc(-c3ccccc3)on2)n(Cc2ccccc2)c(=O)[nH]c1=O. The Kier molecular flexibility index (Phi) is 5.48. The third kappa shape index (κ3) is 4.25. The maximum atomic E-state index is 12.5. The van der Waals surface area contributed by atoms with Gasteiger partial charge < -0.3 is 4.52 Å². The molecule has 0 radical (unpaired) electrons. The highest BCUT2D eigenvalue weighted by atomic mass is 32.2. The highest BCUT2D eigenvalue weighted by Crippen LogP contribution is 2.26. The normalized spacial score (nSPS) is 10.9. The molecular formula is C22H19N3O3S. The first-order chi connectivity index (χ1) is 14.1. The first-order valence-corrected chi connectivity index (χ1v) is 10.1. The zero-order valence-corrected chi connectivity index (χ0v) is 16.6. The molecule has 0 aliphatic heterocycles. The molecule has 29 heavy (non-hydrogen) atoms. The second-order valence-electron chi connectivity index (χ2n) is 6.60. The molecule has 0 bridgehead atoms. The lowest BCUT2D eigenvalue weighted by Gasteiger charge is -2.13. The van der Waals surface area contributed by atoms with E-state index in [1.54, 1.807) is 11.5 Å². The fraction of sp³-hybridized carbons (Fsp3) is 0.136. The summed E-state index contributed by atoms with van der Waals surface area (Å²) < 4.78 is 7.04. The van der Waals surface area contributed by atoms with Crippen LogP contribution in [0.25, 0.3) is 11.3 Å². The topological polar surface area (TPSA) is 80.9 Å². The van der Waals surface area contributed by atoms with E-state index in [-0.39, 0.29) is 5.56 Å². The van der Waals surface area contributed by atoms with Crippen LogP contribution < -0.4 is 11.2 Å². The van der Waals surface area contributed by atoms with Crippen LogP contribution in [0.2, 0.25) is 0 Å². The predicted octanol–water partition coefficient (Wildman–Crippen LogP) is 3.84. The number of H-pyrrole nitrogens is 1.